The summed E-state index contributed by atoms with van der Waals surface area (Å²) in [6.07, 6.45) is 0.805. The highest BCUT2D eigenvalue weighted by Crippen LogP contribution is 2.37. The van der Waals surface area contributed by atoms with E-state index in [1.54, 1.807) is 0 Å². The molecule has 1 heterocycles. The van der Waals surface area contributed by atoms with Gasteiger partial charge in [0.1, 0.15) is 0 Å². The van der Waals surface area contributed by atoms with Crippen LogP contribution in [-0.2, 0) is 9.47 Å². The molecular weight excluding hydrogens is 256 g/mol. The number of hydrogen-bond donors (Lipinski definition) is 2. The second-order valence-electron chi connectivity index (χ2n) is 6.63. The molecule has 0 aromatic carbocycles. The third-order valence-electron chi connectivity index (χ3n) is 3.26. The first-order valence-corrected chi connectivity index (χ1v) is 7.09. The number of hydrogen-bond acceptors (Lipinski definition) is 3. The van der Waals surface area contributed by atoms with E-state index < -0.39 is 0 Å². The Morgan fingerprint density at radius 2 is 2.05 bits per heavy atom. The summed E-state index contributed by atoms with van der Waals surface area (Å²) in [5.74, 6) is 0. The van der Waals surface area contributed by atoms with Gasteiger partial charge in [-0.05, 0) is 41.0 Å². The molecule has 1 rings (SSSR count). The molecule has 0 unspecified atom stereocenters. The molecule has 116 valence electrons. The van der Waals surface area contributed by atoms with E-state index in [1.165, 1.54) is 0 Å². The molecule has 0 saturated carbocycles. The predicted octanol–water partition coefficient (Wildman–Crippen LogP) is 2.22. The first-order chi connectivity index (χ1) is 9.12. The van der Waals surface area contributed by atoms with Gasteiger partial charge in [0, 0.05) is 6.54 Å². The Morgan fingerprint density at radius 1 is 1.40 bits per heavy atom. The summed E-state index contributed by atoms with van der Waals surface area (Å²) in [5.41, 5.74) is 0.421. The fourth-order valence-corrected chi connectivity index (χ4v) is 2.48. The van der Waals surface area contributed by atoms with Crippen molar-refractivity contribution in [1.82, 2.24) is 10.6 Å². The number of nitrogens with one attached hydrogen (secondary N) is 2. The number of carbonyl (C=O) groups is 1. The lowest BCUT2D eigenvalue weighted by Gasteiger charge is -2.27. The van der Waals surface area contributed by atoms with E-state index in [9.17, 15) is 4.79 Å². The van der Waals surface area contributed by atoms with Gasteiger partial charge in [-0.2, -0.15) is 0 Å². The summed E-state index contributed by atoms with van der Waals surface area (Å²) < 4.78 is 11.3. The number of rotatable bonds is 6. The van der Waals surface area contributed by atoms with Gasteiger partial charge in [0.15, 0.2) is 0 Å². The van der Waals surface area contributed by atoms with Crippen LogP contribution in [0.3, 0.4) is 0 Å². The van der Waals surface area contributed by atoms with E-state index in [-0.39, 0.29) is 23.3 Å². The third-order valence-corrected chi connectivity index (χ3v) is 3.26. The van der Waals surface area contributed by atoms with Crippen LogP contribution in [0.15, 0.2) is 12.2 Å². The zero-order chi connectivity index (χ0) is 15.4. The number of amides is 2. The quantitative estimate of drug-likeness (QED) is 0.581. The summed E-state index contributed by atoms with van der Waals surface area (Å²) in [5, 5.41) is 5.76. The summed E-state index contributed by atoms with van der Waals surface area (Å²) >= 11 is 0. The SMILES string of the molecule is C=C(C)COCCNC(=O)N[C@@H]1CC(C)(C)OC1(C)C. The smallest absolute Gasteiger partial charge is 0.315 e. The van der Waals surface area contributed by atoms with Gasteiger partial charge in [-0.3, -0.25) is 0 Å². The average molecular weight is 284 g/mol. The lowest BCUT2D eigenvalue weighted by Crippen LogP contribution is -2.50. The molecule has 0 aromatic heterocycles. The Bertz CT molecular complexity index is 364. The highest BCUT2D eigenvalue weighted by atomic mass is 16.5. The molecule has 20 heavy (non-hydrogen) atoms. The van der Waals surface area contributed by atoms with E-state index in [1.807, 2.05) is 34.6 Å². The molecule has 0 aliphatic carbocycles. The first-order valence-electron chi connectivity index (χ1n) is 7.09. The second-order valence-corrected chi connectivity index (χ2v) is 6.63. The zero-order valence-corrected chi connectivity index (χ0v) is 13.3. The Labute approximate surface area is 122 Å². The van der Waals surface area contributed by atoms with E-state index in [0.29, 0.717) is 19.8 Å². The van der Waals surface area contributed by atoms with Crippen LogP contribution in [0, 0.1) is 0 Å². The minimum absolute atomic E-state index is 0.00818. The standard InChI is InChI=1S/C15H28N2O3/c1-11(2)10-19-8-7-16-13(18)17-12-9-14(3,4)20-15(12,5)6/h12H,1,7-10H2,2-6H3,(H2,16,17,18)/t12-/m1/s1. The van der Waals surface area contributed by atoms with Crippen molar-refractivity contribution < 1.29 is 14.3 Å². The lowest BCUT2D eigenvalue weighted by atomic mass is 9.95. The Morgan fingerprint density at radius 3 is 2.55 bits per heavy atom. The van der Waals surface area contributed by atoms with Crippen molar-refractivity contribution in [2.24, 2.45) is 0 Å². The molecule has 0 bridgehead atoms. The second kappa shape index (κ2) is 6.59. The molecule has 1 aliphatic rings. The maximum Gasteiger partial charge on any atom is 0.315 e. The molecule has 2 amide bonds. The Kier molecular flexibility index (Phi) is 5.59. The zero-order valence-electron chi connectivity index (χ0n) is 13.3. The normalized spacial score (nSPS) is 23.4. The minimum Gasteiger partial charge on any atom is -0.375 e. The monoisotopic (exact) mass is 284 g/mol. The summed E-state index contributed by atoms with van der Waals surface area (Å²) in [4.78, 5) is 11.8. The van der Waals surface area contributed by atoms with Crippen LogP contribution in [-0.4, -0.2) is 43.0 Å². The van der Waals surface area contributed by atoms with Crippen LogP contribution >= 0.6 is 0 Å². The Balaban J connectivity index is 2.27. The van der Waals surface area contributed by atoms with Gasteiger partial charge in [0.05, 0.1) is 30.5 Å². The molecule has 5 heteroatoms. The van der Waals surface area contributed by atoms with Gasteiger partial charge in [-0.1, -0.05) is 12.2 Å². The summed E-state index contributed by atoms with van der Waals surface area (Å²) in [6, 6.07) is -0.169. The fourth-order valence-electron chi connectivity index (χ4n) is 2.48. The number of carbonyl (C=O) groups excluding carboxylic acids is 1. The highest BCUT2D eigenvalue weighted by Gasteiger charge is 2.46. The van der Waals surface area contributed by atoms with Crippen LogP contribution in [0.5, 0.6) is 0 Å². The van der Waals surface area contributed by atoms with Gasteiger partial charge in [-0.25, -0.2) is 4.79 Å². The van der Waals surface area contributed by atoms with Crippen molar-refractivity contribution in [3.05, 3.63) is 12.2 Å². The molecule has 1 fully saturated rings. The topological polar surface area (TPSA) is 59.6 Å². The molecule has 0 spiro atoms. The van der Waals surface area contributed by atoms with E-state index in [2.05, 4.69) is 17.2 Å². The van der Waals surface area contributed by atoms with Gasteiger partial charge in [0.25, 0.3) is 0 Å². The third kappa shape index (κ3) is 5.51. The van der Waals surface area contributed by atoms with E-state index in [4.69, 9.17) is 9.47 Å². The fraction of sp³-hybridized carbons (Fsp3) is 0.800. The summed E-state index contributed by atoms with van der Waals surface area (Å²) in [7, 11) is 0. The molecule has 0 aromatic rings. The van der Waals surface area contributed by atoms with Crippen molar-refractivity contribution in [3.8, 4) is 0 Å². The van der Waals surface area contributed by atoms with Crippen molar-refractivity contribution in [3.63, 3.8) is 0 Å². The van der Waals surface area contributed by atoms with Gasteiger partial charge in [-0.15, -0.1) is 0 Å². The highest BCUT2D eigenvalue weighted by molar-refractivity contribution is 5.74. The molecule has 0 radical (unpaired) electrons. The summed E-state index contributed by atoms with van der Waals surface area (Å²) in [6.45, 7) is 15.2. The van der Waals surface area contributed by atoms with Gasteiger partial charge < -0.3 is 20.1 Å². The predicted molar refractivity (Wildman–Crippen MR) is 79.8 cm³/mol. The van der Waals surface area contributed by atoms with Crippen molar-refractivity contribution >= 4 is 6.03 Å². The van der Waals surface area contributed by atoms with Crippen LogP contribution in [0.25, 0.3) is 0 Å². The molecule has 1 aliphatic heterocycles. The number of urea groups is 1. The number of ether oxygens (including phenoxy) is 2. The molecule has 5 nitrogen and oxygen atoms in total. The largest absolute Gasteiger partial charge is 0.375 e. The Hall–Kier alpha value is -1.07. The maximum atomic E-state index is 11.8. The van der Waals surface area contributed by atoms with Crippen LogP contribution in [0.2, 0.25) is 0 Å². The lowest BCUT2D eigenvalue weighted by molar-refractivity contribution is -0.0690. The van der Waals surface area contributed by atoms with Gasteiger partial charge >= 0.3 is 6.03 Å². The van der Waals surface area contributed by atoms with Gasteiger partial charge in [0.2, 0.25) is 0 Å². The molecule has 1 saturated heterocycles. The van der Waals surface area contributed by atoms with Crippen molar-refractivity contribution in [2.45, 2.75) is 58.3 Å². The van der Waals surface area contributed by atoms with E-state index in [0.717, 1.165) is 12.0 Å². The van der Waals surface area contributed by atoms with Crippen molar-refractivity contribution in [2.75, 3.05) is 19.8 Å². The average Bonchev–Trinajstić information content (AvgIpc) is 2.45. The van der Waals surface area contributed by atoms with Crippen molar-refractivity contribution in [1.29, 1.82) is 0 Å². The van der Waals surface area contributed by atoms with Crippen LogP contribution in [0.1, 0.15) is 41.0 Å². The van der Waals surface area contributed by atoms with Crippen LogP contribution < -0.4 is 10.6 Å². The molecular formula is C15H28N2O3. The molecule has 2 N–H and O–H groups in total. The minimum atomic E-state index is -0.350. The first kappa shape index (κ1) is 17.0. The molecule has 1 atom stereocenters. The van der Waals surface area contributed by atoms with Crippen LogP contribution in [0.4, 0.5) is 4.79 Å². The van der Waals surface area contributed by atoms with E-state index >= 15 is 0 Å². The maximum absolute atomic E-state index is 11.8.